The molecule has 0 radical (unpaired) electrons. The van der Waals surface area contributed by atoms with Crippen LogP contribution in [0.5, 0.6) is 5.75 Å². The molecule has 0 fully saturated rings. The van der Waals surface area contributed by atoms with Crippen LogP contribution in [0.15, 0.2) is 57.9 Å². The summed E-state index contributed by atoms with van der Waals surface area (Å²) >= 11 is 0. The van der Waals surface area contributed by atoms with Gasteiger partial charge in [-0.25, -0.2) is 4.99 Å². The Morgan fingerprint density at radius 3 is 2.61 bits per heavy atom. The number of para-hydroxylation sites is 1. The van der Waals surface area contributed by atoms with Crippen LogP contribution in [0.3, 0.4) is 0 Å². The van der Waals surface area contributed by atoms with Gasteiger partial charge in [0.2, 0.25) is 5.88 Å². The number of nitro benzene ring substituents is 1. The van der Waals surface area contributed by atoms with Crippen molar-refractivity contribution in [3.8, 4) is 11.8 Å². The summed E-state index contributed by atoms with van der Waals surface area (Å²) in [5, 5.41) is 20.0. The van der Waals surface area contributed by atoms with Crippen LogP contribution in [0.2, 0.25) is 0 Å². The lowest BCUT2D eigenvalue weighted by Crippen LogP contribution is -1.98. The van der Waals surface area contributed by atoms with Crippen LogP contribution in [-0.4, -0.2) is 11.1 Å². The topological polar surface area (TPSA) is 102 Å². The van der Waals surface area contributed by atoms with E-state index in [0.29, 0.717) is 17.1 Å². The average Bonchev–Trinajstić information content (AvgIpc) is 2.98. The van der Waals surface area contributed by atoms with Crippen molar-refractivity contribution >= 4 is 17.8 Å². The lowest BCUT2D eigenvalue weighted by molar-refractivity contribution is -0.384. The van der Waals surface area contributed by atoms with Gasteiger partial charge in [0.15, 0.2) is 0 Å². The fourth-order valence-electron chi connectivity index (χ4n) is 2.55. The largest absolute Gasteiger partial charge is 0.488 e. The van der Waals surface area contributed by atoms with E-state index in [1.807, 2.05) is 25.1 Å². The number of rotatable bonds is 6. The summed E-state index contributed by atoms with van der Waals surface area (Å²) < 4.78 is 11.4. The zero-order valence-corrected chi connectivity index (χ0v) is 15.4. The van der Waals surface area contributed by atoms with Crippen LogP contribution in [0.1, 0.15) is 28.0 Å². The maximum atomic E-state index is 10.7. The molecule has 0 bridgehead atoms. The predicted molar refractivity (Wildman–Crippen MR) is 104 cm³/mol. The van der Waals surface area contributed by atoms with Crippen molar-refractivity contribution in [1.82, 2.24) is 0 Å². The van der Waals surface area contributed by atoms with Gasteiger partial charge in [-0.15, -0.1) is 0 Å². The minimum atomic E-state index is -0.441. The summed E-state index contributed by atoms with van der Waals surface area (Å²) in [6.07, 6.45) is 1.59. The van der Waals surface area contributed by atoms with Crippen LogP contribution in [0, 0.1) is 35.3 Å². The Morgan fingerprint density at radius 1 is 1.21 bits per heavy atom. The Hall–Kier alpha value is -3.92. The van der Waals surface area contributed by atoms with E-state index >= 15 is 0 Å². The molecule has 1 heterocycles. The number of furan rings is 1. The number of aliphatic imine (C=N–C) groups is 1. The lowest BCUT2D eigenvalue weighted by Gasteiger charge is -2.08. The number of ether oxygens (including phenoxy) is 1. The summed E-state index contributed by atoms with van der Waals surface area (Å²) in [6, 6.07) is 15.6. The van der Waals surface area contributed by atoms with E-state index in [0.717, 1.165) is 16.7 Å². The van der Waals surface area contributed by atoms with Crippen LogP contribution >= 0.6 is 0 Å². The zero-order valence-electron chi connectivity index (χ0n) is 15.4. The van der Waals surface area contributed by atoms with Crippen LogP contribution in [-0.2, 0) is 6.61 Å². The van der Waals surface area contributed by atoms with Gasteiger partial charge in [-0.2, -0.15) is 5.26 Å². The van der Waals surface area contributed by atoms with E-state index in [1.54, 1.807) is 31.3 Å². The molecule has 2 aromatic carbocycles. The van der Waals surface area contributed by atoms with Crippen LogP contribution in [0.25, 0.3) is 0 Å². The molecule has 0 spiro atoms. The van der Waals surface area contributed by atoms with Crippen LogP contribution in [0.4, 0.5) is 11.6 Å². The summed E-state index contributed by atoms with van der Waals surface area (Å²) in [6.45, 7) is 3.86. The van der Waals surface area contributed by atoms with Crippen molar-refractivity contribution < 1.29 is 14.1 Å². The lowest BCUT2D eigenvalue weighted by atomic mass is 10.2. The van der Waals surface area contributed by atoms with Gasteiger partial charge >= 0.3 is 0 Å². The predicted octanol–water partition coefficient (Wildman–Crippen LogP) is 5.01. The smallest absolute Gasteiger partial charge is 0.269 e. The van der Waals surface area contributed by atoms with E-state index < -0.39 is 4.92 Å². The van der Waals surface area contributed by atoms with Crippen molar-refractivity contribution in [1.29, 1.82) is 5.26 Å². The van der Waals surface area contributed by atoms with Gasteiger partial charge in [-0.05, 0) is 43.7 Å². The Morgan fingerprint density at radius 2 is 1.93 bits per heavy atom. The standard InChI is InChI=1S/C21H17N3O4/c1-14-15(2)28-21(19(14)11-22)23-12-17-5-3-4-6-20(17)27-13-16-7-9-18(10-8-16)24(25)26/h3-10,12H,13H2,1-2H3. The zero-order chi connectivity index (χ0) is 20.1. The van der Waals surface area contributed by atoms with E-state index in [4.69, 9.17) is 9.15 Å². The first-order valence-corrected chi connectivity index (χ1v) is 8.49. The van der Waals surface area contributed by atoms with Gasteiger partial charge in [-0.3, -0.25) is 10.1 Å². The van der Waals surface area contributed by atoms with Crippen molar-refractivity contribution in [2.24, 2.45) is 4.99 Å². The molecule has 0 aliphatic rings. The number of nitro groups is 1. The molecule has 140 valence electrons. The average molecular weight is 375 g/mol. The fraction of sp³-hybridized carbons (Fsp3) is 0.143. The van der Waals surface area contributed by atoms with Gasteiger partial charge in [0, 0.05) is 29.5 Å². The first-order chi connectivity index (χ1) is 13.5. The molecule has 7 nitrogen and oxygen atoms in total. The summed E-state index contributed by atoms with van der Waals surface area (Å²) in [4.78, 5) is 14.6. The second-order valence-corrected chi connectivity index (χ2v) is 6.08. The molecule has 7 heteroatoms. The SMILES string of the molecule is Cc1oc(N=Cc2ccccc2OCc2ccc([N+](=O)[O-])cc2)c(C#N)c1C. The maximum absolute atomic E-state index is 10.7. The molecule has 0 amide bonds. The number of benzene rings is 2. The quantitative estimate of drug-likeness (QED) is 0.342. The van der Waals surface area contributed by atoms with Gasteiger partial charge in [0.25, 0.3) is 5.69 Å². The number of aryl methyl sites for hydroxylation is 1. The number of non-ortho nitro benzene ring substituents is 1. The van der Waals surface area contributed by atoms with Gasteiger partial charge in [-0.1, -0.05) is 12.1 Å². The Bertz CT molecular complexity index is 1080. The van der Waals surface area contributed by atoms with Crippen molar-refractivity contribution in [3.63, 3.8) is 0 Å². The summed E-state index contributed by atoms with van der Waals surface area (Å²) in [5.74, 6) is 1.53. The molecule has 3 aromatic rings. The molecule has 0 atom stereocenters. The molecule has 0 unspecified atom stereocenters. The number of hydrogen-bond acceptors (Lipinski definition) is 6. The Balaban J connectivity index is 1.77. The third-order valence-electron chi connectivity index (χ3n) is 4.26. The van der Waals surface area contributed by atoms with E-state index in [-0.39, 0.29) is 18.2 Å². The minimum Gasteiger partial charge on any atom is -0.488 e. The molecule has 0 N–H and O–H groups in total. The minimum absolute atomic E-state index is 0.0358. The third-order valence-corrected chi connectivity index (χ3v) is 4.26. The molecule has 1 aromatic heterocycles. The Kier molecular flexibility index (Phi) is 5.51. The van der Waals surface area contributed by atoms with Crippen molar-refractivity contribution in [2.75, 3.05) is 0 Å². The molecule has 0 aliphatic heterocycles. The first kappa shape index (κ1) is 18.9. The van der Waals surface area contributed by atoms with E-state index in [9.17, 15) is 15.4 Å². The number of nitriles is 1. The number of nitrogens with zero attached hydrogens (tertiary/aromatic N) is 3. The molecular weight excluding hydrogens is 358 g/mol. The molecule has 28 heavy (non-hydrogen) atoms. The highest BCUT2D eigenvalue weighted by molar-refractivity contribution is 5.85. The van der Waals surface area contributed by atoms with Gasteiger partial charge in [0.05, 0.1) is 4.92 Å². The van der Waals surface area contributed by atoms with E-state index in [2.05, 4.69) is 11.1 Å². The fourth-order valence-corrected chi connectivity index (χ4v) is 2.55. The van der Waals surface area contributed by atoms with Gasteiger partial charge in [0.1, 0.15) is 29.7 Å². The monoisotopic (exact) mass is 375 g/mol. The second kappa shape index (κ2) is 8.18. The van der Waals surface area contributed by atoms with E-state index in [1.165, 1.54) is 12.1 Å². The molecule has 0 aliphatic carbocycles. The highest BCUT2D eigenvalue weighted by Gasteiger charge is 2.13. The Labute approximate surface area is 161 Å². The molecule has 0 saturated heterocycles. The highest BCUT2D eigenvalue weighted by atomic mass is 16.6. The summed E-state index contributed by atoms with van der Waals surface area (Å²) in [7, 11) is 0. The van der Waals surface area contributed by atoms with Gasteiger partial charge < -0.3 is 9.15 Å². The summed E-state index contributed by atoms with van der Waals surface area (Å²) in [5.41, 5.74) is 2.76. The molecule has 3 rings (SSSR count). The molecule has 0 saturated carbocycles. The second-order valence-electron chi connectivity index (χ2n) is 6.08. The van der Waals surface area contributed by atoms with Crippen molar-refractivity contribution in [3.05, 3.63) is 86.7 Å². The third kappa shape index (κ3) is 4.07. The normalized spacial score (nSPS) is 10.8. The van der Waals surface area contributed by atoms with Crippen LogP contribution < -0.4 is 4.74 Å². The number of hydrogen-bond donors (Lipinski definition) is 0. The van der Waals surface area contributed by atoms with Crippen molar-refractivity contribution in [2.45, 2.75) is 20.5 Å². The highest BCUT2D eigenvalue weighted by Crippen LogP contribution is 2.28. The maximum Gasteiger partial charge on any atom is 0.269 e. The first-order valence-electron chi connectivity index (χ1n) is 8.49. The molecular formula is C21H17N3O4.